The lowest BCUT2D eigenvalue weighted by molar-refractivity contribution is 0.367. The van der Waals surface area contributed by atoms with Crippen LogP contribution in [0, 0.1) is 0 Å². The Balaban J connectivity index is 1.89. The monoisotopic (exact) mass is 286 g/mol. The predicted molar refractivity (Wildman–Crippen MR) is 75.0 cm³/mol. The van der Waals surface area contributed by atoms with Gasteiger partial charge in [0, 0.05) is 6.20 Å². The maximum atomic E-state index is 6.09. The Bertz CT molecular complexity index is 697. The second kappa shape index (κ2) is 5.40. The highest BCUT2D eigenvalue weighted by Crippen LogP contribution is 2.21. The third-order valence-corrected chi connectivity index (χ3v) is 3.05. The van der Waals surface area contributed by atoms with Crippen molar-refractivity contribution in [2.45, 2.75) is 6.04 Å². The summed E-state index contributed by atoms with van der Waals surface area (Å²) in [6.07, 6.45) is 1.53. The molecule has 1 atom stereocenters. The van der Waals surface area contributed by atoms with Gasteiger partial charge in [0.15, 0.2) is 0 Å². The Morgan fingerprint density at radius 1 is 1.10 bits per heavy atom. The summed E-state index contributed by atoms with van der Waals surface area (Å²) in [5.74, 6) is 0.742. The molecule has 1 aromatic carbocycles. The fourth-order valence-corrected chi connectivity index (χ4v) is 1.89. The van der Waals surface area contributed by atoms with Gasteiger partial charge in [0.2, 0.25) is 11.7 Å². The first kappa shape index (κ1) is 12.8. The zero-order valence-corrected chi connectivity index (χ0v) is 11.2. The minimum absolute atomic E-state index is 0.350. The summed E-state index contributed by atoms with van der Waals surface area (Å²) in [7, 11) is 0. The van der Waals surface area contributed by atoms with Crippen molar-refractivity contribution in [2.75, 3.05) is 0 Å². The summed E-state index contributed by atoms with van der Waals surface area (Å²) in [6, 6.07) is 12.6. The molecule has 2 N–H and O–H groups in total. The molecule has 3 rings (SSSR count). The van der Waals surface area contributed by atoms with E-state index in [2.05, 4.69) is 15.1 Å². The maximum Gasteiger partial charge on any atom is 0.248 e. The van der Waals surface area contributed by atoms with E-state index in [0.29, 0.717) is 22.4 Å². The average Bonchev–Trinajstić information content (AvgIpc) is 2.98. The summed E-state index contributed by atoms with van der Waals surface area (Å²) < 4.78 is 5.21. The molecular weight excluding hydrogens is 276 g/mol. The van der Waals surface area contributed by atoms with Crippen molar-refractivity contribution in [1.82, 2.24) is 15.1 Å². The molecule has 3 aromatic rings. The second-order valence-corrected chi connectivity index (χ2v) is 4.64. The Labute approximate surface area is 120 Å². The predicted octanol–water partition coefficient (Wildman–Crippen LogP) is 2.83. The molecule has 0 radical (unpaired) electrons. The van der Waals surface area contributed by atoms with E-state index >= 15 is 0 Å². The van der Waals surface area contributed by atoms with Gasteiger partial charge in [-0.25, -0.2) is 0 Å². The zero-order chi connectivity index (χ0) is 13.9. The largest absolute Gasteiger partial charge is 0.337 e. The smallest absolute Gasteiger partial charge is 0.248 e. The van der Waals surface area contributed by atoms with Gasteiger partial charge >= 0.3 is 0 Å². The minimum atomic E-state index is -0.454. The summed E-state index contributed by atoms with van der Waals surface area (Å²) in [6.45, 7) is 0. The van der Waals surface area contributed by atoms with Gasteiger partial charge in [0.05, 0.1) is 5.02 Å². The van der Waals surface area contributed by atoms with Gasteiger partial charge in [0.25, 0.3) is 0 Å². The van der Waals surface area contributed by atoms with Gasteiger partial charge in [-0.3, -0.25) is 4.98 Å². The van der Waals surface area contributed by atoms with Crippen LogP contribution in [0.2, 0.25) is 5.02 Å². The van der Waals surface area contributed by atoms with Crippen LogP contribution in [0.5, 0.6) is 0 Å². The molecule has 100 valence electrons. The quantitative estimate of drug-likeness (QED) is 0.801. The van der Waals surface area contributed by atoms with Crippen molar-refractivity contribution in [3.63, 3.8) is 0 Å². The summed E-state index contributed by atoms with van der Waals surface area (Å²) >= 11 is 5.79. The molecule has 0 unspecified atom stereocenters. The highest BCUT2D eigenvalue weighted by molar-refractivity contribution is 6.30. The first-order valence-corrected chi connectivity index (χ1v) is 6.38. The number of benzene rings is 1. The molecule has 0 fully saturated rings. The van der Waals surface area contributed by atoms with Crippen molar-refractivity contribution in [3.8, 4) is 11.5 Å². The standard InChI is InChI=1S/C14H11ClN4O/c15-10-6-7-11(17-8-10)13-18-14(20-19-13)12(16)9-4-2-1-3-5-9/h1-8,12H,16H2/t12-/m0/s1. The number of hydrogen-bond acceptors (Lipinski definition) is 5. The molecule has 2 heterocycles. The molecule has 0 aliphatic heterocycles. The van der Waals surface area contributed by atoms with Gasteiger partial charge in [-0.1, -0.05) is 47.1 Å². The van der Waals surface area contributed by atoms with Gasteiger partial charge in [-0.05, 0) is 17.7 Å². The van der Waals surface area contributed by atoms with Gasteiger partial charge in [-0.15, -0.1) is 0 Å². The highest BCUT2D eigenvalue weighted by atomic mass is 35.5. The normalized spacial score (nSPS) is 12.3. The molecule has 20 heavy (non-hydrogen) atoms. The van der Waals surface area contributed by atoms with E-state index < -0.39 is 6.04 Å². The Kier molecular flexibility index (Phi) is 3.45. The molecule has 0 bridgehead atoms. The molecule has 2 aromatic heterocycles. The zero-order valence-electron chi connectivity index (χ0n) is 10.4. The van der Waals surface area contributed by atoms with Crippen molar-refractivity contribution in [3.05, 3.63) is 65.1 Å². The number of nitrogens with zero attached hydrogens (tertiary/aromatic N) is 3. The van der Waals surface area contributed by atoms with Crippen LogP contribution in [-0.2, 0) is 0 Å². The van der Waals surface area contributed by atoms with Crippen LogP contribution in [0.1, 0.15) is 17.5 Å². The van der Waals surface area contributed by atoms with E-state index in [1.165, 1.54) is 6.20 Å². The molecule has 0 saturated heterocycles. The van der Waals surface area contributed by atoms with Crippen LogP contribution in [0.15, 0.2) is 53.2 Å². The SMILES string of the molecule is N[C@@H](c1ccccc1)c1nc(-c2ccc(Cl)cn2)no1. The summed E-state index contributed by atoms with van der Waals surface area (Å²) in [4.78, 5) is 8.41. The number of hydrogen-bond donors (Lipinski definition) is 1. The molecule has 0 aliphatic carbocycles. The first-order valence-electron chi connectivity index (χ1n) is 6.00. The maximum absolute atomic E-state index is 6.09. The first-order chi connectivity index (χ1) is 9.74. The van der Waals surface area contributed by atoms with E-state index in [-0.39, 0.29) is 0 Å². The lowest BCUT2D eigenvalue weighted by Gasteiger charge is -2.05. The third kappa shape index (κ3) is 2.54. The van der Waals surface area contributed by atoms with E-state index in [0.717, 1.165) is 5.56 Å². The van der Waals surface area contributed by atoms with Gasteiger partial charge in [-0.2, -0.15) is 4.98 Å². The second-order valence-electron chi connectivity index (χ2n) is 4.21. The third-order valence-electron chi connectivity index (χ3n) is 2.82. The molecule has 0 amide bonds. The summed E-state index contributed by atoms with van der Waals surface area (Å²) in [5, 5.41) is 4.45. The molecule has 6 heteroatoms. The number of rotatable bonds is 3. The summed E-state index contributed by atoms with van der Waals surface area (Å²) in [5.41, 5.74) is 7.59. The number of nitrogens with two attached hydrogens (primary N) is 1. The Morgan fingerprint density at radius 2 is 1.90 bits per heavy atom. The lowest BCUT2D eigenvalue weighted by Crippen LogP contribution is -2.11. The number of pyridine rings is 1. The van der Waals surface area contributed by atoms with Crippen LogP contribution in [0.25, 0.3) is 11.5 Å². The van der Waals surface area contributed by atoms with Gasteiger partial charge < -0.3 is 10.3 Å². The average molecular weight is 287 g/mol. The van der Waals surface area contributed by atoms with E-state index in [9.17, 15) is 0 Å². The molecular formula is C14H11ClN4O. The fourth-order valence-electron chi connectivity index (χ4n) is 1.78. The van der Waals surface area contributed by atoms with Gasteiger partial charge in [0.1, 0.15) is 11.7 Å². The molecule has 0 spiro atoms. The van der Waals surface area contributed by atoms with Crippen LogP contribution >= 0.6 is 11.6 Å². The van der Waals surface area contributed by atoms with E-state index in [1.807, 2.05) is 30.3 Å². The Morgan fingerprint density at radius 3 is 2.60 bits per heavy atom. The van der Waals surface area contributed by atoms with E-state index in [1.54, 1.807) is 12.1 Å². The topological polar surface area (TPSA) is 77.8 Å². The van der Waals surface area contributed by atoms with Crippen LogP contribution in [0.3, 0.4) is 0 Å². The molecule has 0 saturated carbocycles. The lowest BCUT2D eigenvalue weighted by atomic mass is 10.1. The fraction of sp³-hybridized carbons (Fsp3) is 0.0714. The van der Waals surface area contributed by atoms with Crippen LogP contribution in [-0.4, -0.2) is 15.1 Å². The Hall–Kier alpha value is -2.24. The van der Waals surface area contributed by atoms with Crippen molar-refractivity contribution < 1.29 is 4.52 Å². The molecule has 5 nitrogen and oxygen atoms in total. The van der Waals surface area contributed by atoms with Crippen molar-refractivity contribution in [1.29, 1.82) is 0 Å². The van der Waals surface area contributed by atoms with E-state index in [4.69, 9.17) is 21.9 Å². The highest BCUT2D eigenvalue weighted by Gasteiger charge is 2.17. The minimum Gasteiger partial charge on any atom is -0.337 e. The number of aromatic nitrogens is 3. The molecule has 0 aliphatic rings. The van der Waals surface area contributed by atoms with Crippen LogP contribution in [0.4, 0.5) is 0 Å². The number of halogens is 1. The van der Waals surface area contributed by atoms with Crippen LogP contribution < -0.4 is 5.73 Å². The van der Waals surface area contributed by atoms with Crippen molar-refractivity contribution >= 4 is 11.6 Å². The van der Waals surface area contributed by atoms with Crippen molar-refractivity contribution in [2.24, 2.45) is 5.73 Å².